The van der Waals surface area contributed by atoms with E-state index in [0.29, 0.717) is 5.57 Å². The van der Waals surface area contributed by atoms with E-state index >= 15 is 0 Å². The molecule has 0 aromatic heterocycles. The molecule has 0 aliphatic rings. The second-order valence-corrected chi connectivity index (χ2v) is 4.29. The molecule has 1 N–H and O–H groups in total. The number of carbonyl (C=O) groups is 1. The van der Waals surface area contributed by atoms with Gasteiger partial charge in [0.2, 0.25) is 0 Å². The molecular formula is C12H22O3. The molecule has 0 spiro atoms. The fourth-order valence-electron chi connectivity index (χ4n) is 1.45. The largest absolute Gasteiger partial charge is 0.384 e. The SMILES string of the molecule is CC[C@@H](C)C(=O)/C(C)=C/[C@](C)(O)COC. The number of Topliss-reactive ketones (excluding diaryl/α,β-unsaturated/α-hetero) is 1. The summed E-state index contributed by atoms with van der Waals surface area (Å²) in [5, 5.41) is 9.83. The summed E-state index contributed by atoms with van der Waals surface area (Å²) in [5.41, 5.74) is -0.464. The average molecular weight is 214 g/mol. The predicted octanol–water partition coefficient (Wildman–Crippen LogP) is 1.95. The van der Waals surface area contributed by atoms with Crippen LogP contribution in [-0.2, 0) is 9.53 Å². The Hall–Kier alpha value is -0.670. The minimum Gasteiger partial charge on any atom is -0.384 e. The van der Waals surface area contributed by atoms with Gasteiger partial charge in [0.15, 0.2) is 5.78 Å². The third kappa shape index (κ3) is 5.09. The summed E-state index contributed by atoms with van der Waals surface area (Å²) in [6, 6.07) is 0. The topological polar surface area (TPSA) is 46.5 Å². The van der Waals surface area contributed by atoms with E-state index in [1.165, 1.54) is 7.11 Å². The number of hydrogen-bond acceptors (Lipinski definition) is 3. The Labute approximate surface area is 92.1 Å². The Bertz CT molecular complexity index is 241. The minimum atomic E-state index is -1.07. The number of carbonyl (C=O) groups excluding carboxylic acids is 1. The van der Waals surface area contributed by atoms with Gasteiger partial charge < -0.3 is 9.84 Å². The van der Waals surface area contributed by atoms with Gasteiger partial charge in [0.1, 0.15) is 5.60 Å². The highest BCUT2D eigenvalue weighted by molar-refractivity contribution is 5.96. The molecule has 3 heteroatoms. The first-order valence-electron chi connectivity index (χ1n) is 5.29. The molecule has 0 saturated heterocycles. The maximum atomic E-state index is 11.7. The van der Waals surface area contributed by atoms with Crippen LogP contribution in [0.4, 0.5) is 0 Å². The zero-order valence-corrected chi connectivity index (χ0v) is 10.3. The van der Waals surface area contributed by atoms with Crippen molar-refractivity contribution in [3.05, 3.63) is 11.6 Å². The Morgan fingerprint density at radius 3 is 2.53 bits per heavy atom. The van der Waals surface area contributed by atoms with Crippen molar-refractivity contribution < 1.29 is 14.6 Å². The van der Waals surface area contributed by atoms with Crippen LogP contribution in [0.25, 0.3) is 0 Å². The van der Waals surface area contributed by atoms with E-state index in [-0.39, 0.29) is 18.3 Å². The van der Waals surface area contributed by atoms with Crippen LogP contribution in [0.1, 0.15) is 34.1 Å². The monoisotopic (exact) mass is 214 g/mol. The van der Waals surface area contributed by atoms with E-state index in [1.54, 1.807) is 19.9 Å². The average Bonchev–Trinajstić information content (AvgIpc) is 2.14. The van der Waals surface area contributed by atoms with Gasteiger partial charge in [-0.2, -0.15) is 0 Å². The molecule has 0 aliphatic carbocycles. The van der Waals surface area contributed by atoms with Gasteiger partial charge >= 0.3 is 0 Å². The number of rotatable bonds is 6. The van der Waals surface area contributed by atoms with Gasteiger partial charge in [0.05, 0.1) is 6.61 Å². The first-order chi connectivity index (χ1) is 6.84. The van der Waals surface area contributed by atoms with Crippen molar-refractivity contribution in [2.75, 3.05) is 13.7 Å². The van der Waals surface area contributed by atoms with Gasteiger partial charge in [-0.3, -0.25) is 4.79 Å². The van der Waals surface area contributed by atoms with Crippen molar-refractivity contribution in [2.24, 2.45) is 5.92 Å². The van der Waals surface area contributed by atoms with Gasteiger partial charge in [-0.05, 0) is 31.9 Å². The zero-order chi connectivity index (χ0) is 12.1. The highest BCUT2D eigenvalue weighted by Gasteiger charge is 2.20. The zero-order valence-electron chi connectivity index (χ0n) is 10.3. The molecule has 0 aliphatic heterocycles. The molecule has 0 bridgehead atoms. The van der Waals surface area contributed by atoms with Crippen molar-refractivity contribution in [2.45, 2.75) is 39.7 Å². The number of ketones is 1. The van der Waals surface area contributed by atoms with Crippen molar-refractivity contribution in [1.82, 2.24) is 0 Å². The Balaban J connectivity index is 4.61. The van der Waals surface area contributed by atoms with Gasteiger partial charge in [-0.25, -0.2) is 0 Å². The Kier molecular flexibility index (Phi) is 5.76. The molecule has 0 rings (SSSR count). The van der Waals surface area contributed by atoms with Crippen LogP contribution in [0.2, 0.25) is 0 Å². The molecule has 0 aromatic carbocycles. The van der Waals surface area contributed by atoms with Crippen LogP contribution < -0.4 is 0 Å². The fourth-order valence-corrected chi connectivity index (χ4v) is 1.45. The number of ether oxygens (including phenoxy) is 1. The lowest BCUT2D eigenvalue weighted by molar-refractivity contribution is -0.118. The maximum absolute atomic E-state index is 11.7. The Morgan fingerprint density at radius 1 is 1.60 bits per heavy atom. The van der Waals surface area contributed by atoms with E-state index in [9.17, 15) is 9.90 Å². The van der Waals surface area contributed by atoms with E-state index in [0.717, 1.165) is 6.42 Å². The molecule has 0 amide bonds. The molecule has 0 aromatic rings. The fraction of sp³-hybridized carbons (Fsp3) is 0.750. The van der Waals surface area contributed by atoms with Crippen molar-refractivity contribution in [3.8, 4) is 0 Å². The smallest absolute Gasteiger partial charge is 0.161 e. The summed E-state index contributed by atoms with van der Waals surface area (Å²) in [4.78, 5) is 11.7. The Morgan fingerprint density at radius 2 is 2.13 bits per heavy atom. The van der Waals surface area contributed by atoms with Crippen molar-refractivity contribution in [3.63, 3.8) is 0 Å². The van der Waals surface area contributed by atoms with Crippen LogP contribution >= 0.6 is 0 Å². The van der Waals surface area contributed by atoms with Crippen molar-refractivity contribution in [1.29, 1.82) is 0 Å². The van der Waals surface area contributed by atoms with Gasteiger partial charge in [-0.15, -0.1) is 0 Å². The summed E-state index contributed by atoms with van der Waals surface area (Å²) in [7, 11) is 1.52. The second kappa shape index (κ2) is 6.03. The summed E-state index contributed by atoms with van der Waals surface area (Å²) < 4.78 is 4.87. The highest BCUT2D eigenvalue weighted by Crippen LogP contribution is 2.14. The lowest BCUT2D eigenvalue weighted by Crippen LogP contribution is -2.28. The summed E-state index contributed by atoms with van der Waals surface area (Å²) in [6.07, 6.45) is 2.39. The van der Waals surface area contributed by atoms with Crippen LogP contribution in [0, 0.1) is 5.92 Å². The quantitative estimate of drug-likeness (QED) is 0.687. The van der Waals surface area contributed by atoms with Crippen LogP contribution in [0.3, 0.4) is 0 Å². The van der Waals surface area contributed by atoms with Crippen molar-refractivity contribution >= 4 is 5.78 Å². The third-order valence-electron chi connectivity index (χ3n) is 2.41. The first-order valence-corrected chi connectivity index (χ1v) is 5.29. The molecular weight excluding hydrogens is 192 g/mol. The molecule has 15 heavy (non-hydrogen) atoms. The number of methoxy groups -OCH3 is 1. The van der Waals surface area contributed by atoms with E-state index in [1.807, 2.05) is 13.8 Å². The standard InChI is InChI=1S/C12H22O3/c1-6-9(2)11(13)10(3)7-12(4,14)8-15-5/h7,9,14H,6,8H2,1-5H3/b10-7+/t9-,12+/m1/s1. The minimum absolute atomic E-state index is 0.0135. The number of allylic oxidation sites excluding steroid dienone is 1. The number of aliphatic hydroxyl groups is 1. The number of hydrogen-bond donors (Lipinski definition) is 1. The molecule has 2 atom stereocenters. The summed E-state index contributed by atoms with van der Waals surface area (Å²) in [5.74, 6) is 0.105. The molecule has 0 radical (unpaired) electrons. The van der Waals surface area contributed by atoms with Crippen LogP contribution in [-0.4, -0.2) is 30.2 Å². The van der Waals surface area contributed by atoms with E-state index < -0.39 is 5.60 Å². The van der Waals surface area contributed by atoms with E-state index in [4.69, 9.17) is 4.74 Å². The molecule has 0 fully saturated rings. The lowest BCUT2D eigenvalue weighted by atomic mass is 9.94. The molecule has 3 nitrogen and oxygen atoms in total. The lowest BCUT2D eigenvalue weighted by Gasteiger charge is -2.19. The molecule has 88 valence electrons. The van der Waals surface area contributed by atoms with Gasteiger partial charge in [0.25, 0.3) is 0 Å². The van der Waals surface area contributed by atoms with E-state index in [2.05, 4.69) is 0 Å². The maximum Gasteiger partial charge on any atom is 0.161 e. The normalized spacial score (nSPS) is 18.4. The first kappa shape index (κ1) is 14.3. The van der Waals surface area contributed by atoms with Gasteiger partial charge in [0, 0.05) is 13.0 Å². The summed E-state index contributed by atoms with van der Waals surface area (Å²) in [6.45, 7) is 7.43. The second-order valence-electron chi connectivity index (χ2n) is 4.29. The molecule has 0 heterocycles. The van der Waals surface area contributed by atoms with Crippen LogP contribution in [0.5, 0.6) is 0 Å². The predicted molar refractivity (Wildman–Crippen MR) is 60.7 cm³/mol. The van der Waals surface area contributed by atoms with Crippen LogP contribution in [0.15, 0.2) is 11.6 Å². The molecule has 0 saturated carbocycles. The highest BCUT2D eigenvalue weighted by atomic mass is 16.5. The molecule has 0 unspecified atom stereocenters. The van der Waals surface area contributed by atoms with Gasteiger partial charge in [-0.1, -0.05) is 13.8 Å². The summed E-state index contributed by atoms with van der Waals surface area (Å²) >= 11 is 0. The third-order valence-corrected chi connectivity index (χ3v) is 2.41.